The summed E-state index contributed by atoms with van der Waals surface area (Å²) in [7, 11) is 0. The highest BCUT2D eigenvalue weighted by atomic mass is 35.5. The largest absolute Gasteiger partial charge is 0.324 e. The van der Waals surface area contributed by atoms with E-state index in [-0.39, 0.29) is 23.0 Å². The van der Waals surface area contributed by atoms with E-state index in [0.29, 0.717) is 11.4 Å². The van der Waals surface area contributed by atoms with Crippen molar-refractivity contribution in [1.82, 2.24) is 0 Å². The zero-order valence-electron chi connectivity index (χ0n) is 7.84. The second kappa shape index (κ2) is 6.33. The van der Waals surface area contributed by atoms with Crippen LogP contribution in [0, 0.1) is 5.82 Å². The van der Waals surface area contributed by atoms with Crippen LogP contribution in [0.1, 0.15) is 18.0 Å². The Kier molecular flexibility index (Phi) is 6.22. The van der Waals surface area contributed by atoms with Gasteiger partial charge in [0, 0.05) is 16.6 Å². The van der Waals surface area contributed by atoms with Gasteiger partial charge in [-0.05, 0) is 18.6 Å². The maximum absolute atomic E-state index is 13.5. The molecular formula is C10H11Cl3FN. The molecule has 15 heavy (non-hydrogen) atoms. The van der Waals surface area contributed by atoms with Crippen LogP contribution in [-0.2, 0) is 0 Å². The average Bonchev–Trinajstić information content (AvgIpc) is 2.13. The van der Waals surface area contributed by atoms with Gasteiger partial charge in [-0.25, -0.2) is 4.39 Å². The highest BCUT2D eigenvalue weighted by Gasteiger charge is 2.16. The van der Waals surface area contributed by atoms with Gasteiger partial charge in [0.05, 0.1) is 5.02 Å². The van der Waals surface area contributed by atoms with Crippen LogP contribution in [0.25, 0.3) is 0 Å². The van der Waals surface area contributed by atoms with Gasteiger partial charge in [0.15, 0.2) is 0 Å². The Morgan fingerprint density at radius 3 is 2.47 bits per heavy atom. The molecule has 1 aromatic rings. The number of hydrogen-bond acceptors (Lipinski definition) is 1. The fourth-order valence-electron chi connectivity index (χ4n) is 1.18. The smallest absolute Gasteiger partial charge is 0.148 e. The summed E-state index contributed by atoms with van der Waals surface area (Å²) in [6.45, 7) is 3.53. The van der Waals surface area contributed by atoms with Gasteiger partial charge >= 0.3 is 0 Å². The zero-order chi connectivity index (χ0) is 10.7. The predicted octanol–water partition coefficient (Wildman–Crippen LogP) is 4.13. The quantitative estimate of drug-likeness (QED) is 0.648. The molecule has 0 spiro atoms. The third-order valence-corrected chi connectivity index (χ3v) is 2.49. The Morgan fingerprint density at radius 2 is 1.93 bits per heavy atom. The van der Waals surface area contributed by atoms with Gasteiger partial charge in [-0.15, -0.1) is 19.0 Å². The Labute approximate surface area is 104 Å². The van der Waals surface area contributed by atoms with Gasteiger partial charge in [0.1, 0.15) is 5.82 Å². The van der Waals surface area contributed by atoms with E-state index in [9.17, 15) is 4.39 Å². The molecule has 5 heteroatoms. The summed E-state index contributed by atoms with van der Waals surface area (Å²) in [5.41, 5.74) is 5.97. The minimum atomic E-state index is -0.548. The summed E-state index contributed by atoms with van der Waals surface area (Å²) >= 11 is 11.4. The molecule has 0 saturated heterocycles. The number of hydrogen-bond donors (Lipinski definition) is 1. The average molecular weight is 271 g/mol. The molecule has 2 N–H and O–H groups in total. The number of rotatable bonds is 3. The molecule has 1 rings (SSSR count). The molecule has 1 aromatic carbocycles. The first-order valence-electron chi connectivity index (χ1n) is 4.07. The summed E-state index contributed by atoms with van der Waals surface area (Å²) in [4.78, 5) is 0. The Hall–Kier alpha value is -0.280. The Balaban J connectivity index is 0.00000196. The molecule has 0 unspecified atom stereocenters. The van der Waals surface area contributed by atoms with Gasteiger partial charge in [0.2, 0.25) is 0 Å². The lowest BCUT2D eigenvalue weighted by Gasteiger charge is -2.13. The predicted molar refractivity (Wildman–Crippen MR) is 65.4 cm³/mol. The van der Waals surface area contributed by atoms with Crippen LogP contribution >= 0.6 is 35.6 Å². The highest BCUT2D eigenvalue weighted by molar-refractivity contribution is 6.33. The van der Waals surface area contributed by atoms with Crippen molar-refractivity contribution in [3.05, 3.63) is 46.2 Å². The lowest BCUT2D eigenvalue weighted by atomic mass is 10.0. The monoisotopic (exact) mass is 269 g/mol. The molecule has 0 aliphatic rings. The van der Waals surface area contributed by atoms with Crippen LogP contribution in [0.4, 0.5) is 4.39 Å². The number of halogens is 4. The van der Waals surface area contributed by atoms with Crippen LogP contribution in [0.3, 0.4) is 0 Å². The summed E-state index contributed by atoms with van der Waals surface area (Å²) in [6.07, 6.45) is 2.07. The fraction of sp³-hybridized carbons (Fsp3) is 0.200. The molecule has 84 valence electrons. The molecule has 0 amide bonds. The first kappa shape index (κ1) is 14.7. The topological polar surface area (TPSA) is 26.0 Å². The van der Waals surface area contributed by atoms with Crippen LogP contribution in [0.5, 0.6) is 0 Å². The standard InChI is InChI=1S/C10H10Cl2FN.ClH/c1-2-3-8(14)9-6(11)4-5-7(12)10(9)13;/h2,4-5,8H,1,3,14H2;1H/t8-;/m1./s1. The lowest BCUT2D eigenvalue weighted by Crippen LogP contribution is -2.12. The van der Waals surface area contributed by atoms with Crippen LogP contribution in [-0.4, -0.2) is 0 Å². The number of benzene rings is 1. The lowest BCUT2D eigenvalue weighted by molar-refractivity contribution is 0.584. The van der Waals surface area contributed by atoms with Crippen LogP contribution in [0.2, 0.25) is 10.0 Å². The van der Waals surface area contributed by atoms with E-state index in [4.69, 9.17) is 28.9 Å². The highest BCUT2D eigenvalue weighted by Crippen LogP contribution is 2.30. The van der Waals surface area contributed by atoms with Crippen LogP contribution in [0.15, 0.2) is 24.8 Å². The van der Waals surface area contributed by atoms with Crippen molar-refractivity contribution in [3.8, 4) is 0 Å². The summed E-state index contributed by atoms with van der Waals surface area (Å²) < 4.78 is 13.5. The first-order chi connectivity index (χ1) is 6.57. The SMILES string of the molecule is C=CC[C@@H](N)c1c(Cl)ccc(Cl)c1F.Cl. The van der Waals surface area contributed by atoms with Crippen molar-refractivity contribution >= 4 is 35.6 Å². The minimum absolute atomic E-state index is 0. The van der Waals surface area contributed by atoms with Crippen molar-refractivity contribution in [2.45, 2.75) is 12.5 Å². The van der Waals surface area contributed by atoms with Crippen molar-refractivity contribution in [2.75, 3.05) is 0 Å². The molecular weight excluding hydrogens is 259 g/mol. The second-order valence-corrected chi connectivity index (χ2v) is 3.70. The van der Waals surface area contributed by atoms with Crippen molar-refractivity contribution in [2.24, 2.45) is 5.73 Å². The second-order valence-electron chi connectivity index (χ2n) is 2.89. The first-order valence-corrected chi connectivity index (χ1v) is 4.83. The van der Waals surface area contributed by atoms with E-state index in [0.717, 1.165) is 0 Å². The summed E-state index contributed by atoms with van der Waals surface area (Å²) in [5, 5.41) is 0.324. The van der Waals surface area contributed by atoms with Gasteiger partial charge in [-0.3, -0.25) is 0 Å². The zero-order valence-corrected chi connectivity index (χ0v) is 10.2. The van der Waals surface area contributed by atoms with Gasteiger partial charge in [-0.2, -0.15) is 0 Å². The summed E-state index contributed by atoms with van der Waals surface area (Å²) in [5.74, 6) is -0.548. The van der Waals surface area contributed by atoms with E-state index < -0.39 is 11.9 Å². The van der Waals surface area contributed by atoms with E-state index in [1.807, 2.05) is 0 Å². The third kappa shape index (κ3) is 3.35. The molecule has 0 bridgehead atoms. The number of nitrogens with two attached hydrogens (primary N) is 1. The molecule has 0 aliphatic carbocycles. The maximum Gasteiger partial charge on any atom is 0.148 e. The summed E-state index contributed by atoms with van der Waals surface area (Å²) in [6, 6.07) is 2.44. The van der Waals surface area contributed by atoms with Gasteiger partial charge in [0.25, 0.3) is 0 Å². The Bertz CT molecular complexity index is 355. The van der Waals surface area contributed by atoms with E-state index in [1.165, 1.54) is 12.1 Å². The molecule has 0 fully saturated rings. The van der Waals surface area contributed by atoms with Gasteiger partial charge in [-0.1, -0.05) is 29.3 Å². The molecule has 1 nitrogen and oxygen atoms in total. The third-order valence-electron chi connectivity index (χ3n) is 1.87. The minimum Gasteiger partial charge on any atom is -0.324 e. The van der Waals surface area contributed by atoms with E-state index in [1.54, 1.807) is 6.08 Å². The fourth-order valence-corrected chi connectivity index (χ4v) is 1.63. The maximum atomic E-state index is 13.5. The molecule has 0 aliphatic heterocycles. The molecule has 0 radical (unpaired) electrons. The van der Waals surface area contributed by atoms with E-state index in [2.05, 4.69) is 6.58 Å². The molecule has 0 heterocycles. The Morgan fingerprint density at radius 1 is 1.40 bits per heavy atom. The normalized spacial score (nSPS) is 11.7. The van der Waals surface area contributed by atoms with Gasteiger partial charge < -0.3 is 5.73 Å². The molecule has 0 saturated carbocycles. The van der Waals surface area contributed by atoms with Crippen molar-refractivity contribution in [3.63, 3.8) is 0 Å². The van der Waals surface area contributed by atoms with Crippen molar-refractivity contribution in [1.29, 1.82) is 0 Å². The molecule has 0 aromatic heterocycles. The van der Waals surface area contributed by atoms with Crippen LogP contribution < -0.4 is 5.73 Å². The molecule has 1 atom stereocenters. The van der Waals surface area contributed by atoms with E-state index >= 15 is 0 Å². The van der Waals surface area contributed by atoms with Crippen molar-refractivity contribution < 1.29 is 4.39 Å².